The van der Waals surface area contributed by atoms with E-state index in [2.05, 4.69) is 6.58 Å². The number of benzene rings is 1. The molecule has 5 fully saturated rings. The maximum absolute atomic E-state index is 13.9. The third kappa shape index (κ3) is 2.12. The number of aliphatic hydroxyl groups is 4. The van der Waals surface area contributed by atoms with E-state index in [-0.39, 0.29) is 5.57 Å². The molecule has 0 amide bonds. The summed E-state index contributed by atoms with van der Waals surface area (Å²) in [5.41, 5.74) is -5.29. The molecule has 0 radical (unpaired) electrons. The highest BCUT2D eigenvalue weighted by Crippen LogP contribution is 2.74. The van der Waals surface area contributed by atoms with E-state index in [0.717, 1.165) is 0 Å². The number of hydrogen-bond donors (Lipinski definition) is 4. The van der Waals surface area contributed by atoms with Gasteiger partial charge in [0, 0.05) is 17.1 Å². The average molecular weight is 499 g/mol. The number of Topliss-reactive ketones (excluding diaryl/α,β-unsaturated/α-hetero) is 1. The minimum Gasteiger partial charge on any atom is -0.509 e. The van der Waals surface area contributed by atoms with Crippen molar-refractivity contribution in [1.29, 1.82) is 0 Å². The molecule has 0 spiro atoms. The monoisotopic (exact) mass is 498 g/mol. The standard InChI is InChI=1S/C27H30O9/c1-12(2)23-10-13(3)26-16(20(23)34-27(35-23,36-26)15-8-6-5-7-9-15)21-24(11-28,33-21)22(31)25(32)18(26)17(29)14(4)19(25)30/h5-9,13,16,18,20-22,28,30-32H,1,10-11H2,2-4H3/t13-,16-,18-,20-,21+,22-,23-,24+,25-,26-,27?/m1/s1. The summed E-state index contributed by atoms with van der Waals surface area (Å²) in [6, 6.07) is 9.10. The number of carbonyl (C=O) groups is 1. The SMILES string of the molecule is C=C(C)[C@]12C[C@@H](C)[C@@]34OC(c5ccccc5)(O[C@@H]1[C@@H]3[C@@H]1O[C@]1(CO)[C@@H](O)[C@]1(O)C(O)=C(C)C(=O)[C@H]14)O2. The normalized spacial score (nSPS) is 54.1. The molecule has 9 nitrogen and oxygen atoms in total. The molecule has 4 N–H and O–H groups in total. The molecular formula is C27H30O9. The molecule has 6 aliphatic rings. The van der Waals surface area contributed by atoms with Gasteiger partial charge in [-0.15, -0.1) is 0 Å². The Kier molecular flexibility index (Phi) is 4.14. The van der Waals surface area contributed by atoms with Crippen LogP contribution in [0.1, 0.15) is 32.8 Å². The molecule has 0 aromatic heterocycles. The molecule has 36 heavy (non-hydrogen) atoms. The fourth-order valence-corrected chi connectivity index (χ4v) is 8.19. The molecule has 1 aromatic carbocycles. The number of ketones is 1. The van der Waals surface area contributed by atoms with Crippen molar-refractivity contribution >= 4 is 5.78 Å². The summed E-state index contributed by atoms with van der Waals surface area (Å²) in [5, 5.41) is 45.2. The Hall–Kier alpha value is -2.11. The molecular weight excluding hydrogens is 468 g/mol. The number of rotatable bonds is 3. The zero-order valence-corrected chi connectivity index (χ0v) is 20.3. The first-order valence-electron chi connectivity index (χ1n) is 12.4. The second kappa shape index (κ2) is 6.47. The van der Waals surface area contributed by atoms with Gasteiger partial charge >= 0.3 is 5.97 Å². The first-order chi connectivity index (χ1) is 17.0. The van der Waals surface area contributed by atoms with E-state index in [4.69, 9.17) is 18.9 Å². The first-order valence-corrected chi connectivity index (χ1v) is 12.4. The minimum atomic E-state index is -2.43. The van der Waals surface area contributed by atoms with Gasteiger partial charge in [0.05, 0.1) is 18.1 Å². The van der Waals surface area contributed by atoms with E-state index in [1.165, 1.54) is 6.92 Å². The fourth-order valence-electron chi connectivity index (χ4n) is 8.19. The predicted octanol–water partition coefficient (Wildman–Crippen LogP) is 1.22. The topological polar surface area (TPSA) is 138 Å². The number of ether oxygens (including phenoxy) is 4. The van der Waals surface area contributed by atoms with Crippen molar-refractivity contribution in [3.63, 3.8) is 0 Å². The van der Waals surface area contributed by atoms with Crippen molar-refractivity contribution in [2.75, 3.05) is 6.61 Å². The smallest absolute Gasteiger partial charge is 0.313 e. The average Bonchev–Trinajstić information content (AvgIpc) is 3.51. The Balaban J connectivity index is 1.54. The largest absolute Gasteiger partial charge is 0.509 e. The van der Waals surface area contributed by atoms with Crippen LogP contribution in [-0.2, 0) is 29.7 Å². The molecule has 1 unspecified atom stereocenters. The lowest BCUT2D eigenvalue weighted by atomic mass is 9.53. The van der Waals surface area contributed by atoms with Crippen LogP contribution in [0.3, 0.4) is 0 Å². The summed E-state index contributed by atoms with van der Waals surface area (Å²) < 4.78 is 26.3. The summed E-state index contributed by atoms with van der Waals surface area (Å²) in [7, 11) is 0. The van der Waals surface area contributed by atoms with Crippen molar-refractivity contribution in [1.82, 2.24) is 0 Å². The van der Waals surface area contributed by atoms with Gasteiger partial charge < -0.3 is 39.4 Å². The molecule has 11 atom stereocenters. The van der Waals surface area contributed by atoms with Crippen molar-refractivity contribution in [2.24, 2.45) is 17.8 Å². The molecule has 9 heteroatoms. The van der Waals surface area contributed by atoms with Gasteiger partial charge in [0.1, 0.15) is 35.3 Å². The van der Waals surface area contributed by atoms with Gasteiger partial charge in [-0.25, -0.2) is 0 Å². The first kappa shape index (κ1) is 23.0. The number of carbonyl (C=O) groups excluding carboxylic acids is 1. The van der Waals surface area contributed by atoms with Crippen molar-refractivity contribution in [3.8, 4) is 0 Å². The van der Waals surface area contributed by atoms with Crippen LogP contribution in [0.5, 0.6) is 0 Å². The molecule has 3 heterocycles. The van der Waals surface area contributed by atoms with Crippen molar-refractivity contribution < 1.29 is 44.2 Å². The maximum Gasteiger partial charge on any atom is 0.313 e. The van der Waals surface area contributed by atoms with Crippen LogP contribution >= 0.6 is 0 Å². The molecule has 3 aliphatic carbocycles. The highest BCUT2D eigenvalue weighted by atomic mass is 16.9. The van der Waals surface area contributed by atoms with Crippen molar-refractivity contribution in [2.45, 2.75) is 73.9 Å². The van der Waals surface area contributed by atoms with Crippen LogP contribution in [0.4, 0.5) is 0 Å². The number of aliphatic hydroxyl groups excluding tert-OH is 3. The molecule has 3 bridgehead atoms. The zero-order valence-electron chi connectivity index (χ0n) is 20.3. The number of epoxide rings is 1. The highest BCUT2D eigenvalue weighted by molar-refractivity contribution is 6.03. The Morgan fingerprint density at radius 2 is 1.86 bits per heavy atom. The Labute approximate surface area is 207 Å². The summed E-state index contributed by atoms with van der Waals surface area (Å²) >= 11 is 0. The number of allylic oxidation sites excluding steroid dienone is 1. The van der Waals surface area contributed by atoms with Crippen LogP contribution < -0.4 is 0 Å². The zero-order chi connectivity index (χ0) is 25.6. The third-order valence-corrected chi connectivity index (χ3v) is 9.93. The number of fused-ring (bicyclic) bond motifs is 3. The Bertz CT molecular complexity index is 1240. The third-order valence-electron chi connectivity index (χ3n) is 9.93. The van der Waals surface area contributed by atoms with Gasteiger partial charge in [0.25, 0.3) is 0 Å². The van der Waals surface area contributed by atoms with Gasteiger partial charge in [-0.3, -0.25) is 4.79 Å². The summed E-state index contributed by atoms with van der Waals surface area (Å²) in [6.07, 6.45) is -2.96. The Morgan fingerprint density at radius 3 is 2.50 bits per heavy atom. The van der Waals surface area contributed by atoms with Gasteiger partial charge in [-0.2, -0.15) is 0 Å². The quantitative estimate of drug-likeness (QED) is 0.358. The van der Waals surface area contributed by atoms with E-state index in [9.17, 15) is 25.2 Å². The fraction of sp³-hybridized carbons (Fsp3) is 0.593. The van der Waals surface area contributed by atoms with Crippen LogP contribution in [-0.4, -0.2) is 73.5 Å². The van der Waals surface area contributed by atoms with E-state index in [0.29, 0.717) is 17.6 Å². The van der Waals surface area contributed by atoms with Crippen LogP contribution in [0.15, 0.2) is 53.8 Å². The second-order valence-corrected chi connectivity index (χ2v) is 11.5. The van der Waals surface area contributed by atoms with E-state index < -0.39 is 82.6 Å². The van der Waals surface area contributed by atoms with Gasteiger partial charge in [-0.05, 0) is 31.8 Å². The van der Waals surface area contributed by atoms with Gasteiger partial charge in [-0.1, -0.05) is 43.8 Å². The minimum absolute atomic E-state index is 0.0529. The van der Waals surface area contributed by atoms with E-state index >= 15 is 0 Å². The summed E-state index contributed by atoms with van der Waals surface area (Å²) in [5.74, 6) is -5.38. The molecule has 3 saturated heterocycles. The van der Waals surface area contributed by atoms with Gasteiger partial charge in [0.2, 0.25) is 0 Å². The van der Waals surface area contributed by atoms with Crippen molar-refractivity contribution in [3.05, 3.63) is 59.4 Å². The number of hydrogen-bond acceptors (Lipinski definition) is 9. The van der Waals surface area contributed by atoms with E-state index in [1.54, 1.807) is 12.1 Å². The molecule has 192 valence electrons. The lowest BCUT2D eigenvalue weighted by molar-refractivity contribution is -0.439. The van der Waals surface area contributed by atoms with Crippen LogP contribution in [0, 0.1) is 17.8 Å². The lowest BCUT2D eigenvalue weighted by Crippen LogP contribution is -2.73. The molecule has 2 saturated carbocycles. The summed E-state index contributed by atoms with van der Waals surface area (Å²) in [4.78, 5) is 13.9. The summed E-state index contributed by atoms with van der Waals surface area (Å²) in [6.45, 7) is 8.79. The molecule has 7 rings (SSSR count). The van der Waals surface area contributed by atoms with Gasteiger partial charge in [0.15, 0.2) is 11.4 Å². The van der Waals surface area contributed by atoms with Crippen LogP contribution in [0.2, 0.25) is 0 Å². The second-order valence-electron chi connectivity index (χ2n) is 11.5. The molecule has 3 aliphatic heterocycles. The lowest BCUT2D eigenvalue weighted by Gasteiger charge is -2.59. The predicted molar refractivity (Wildman–Crippen MR) is 122 cm³/mol. The van der Waals surface area contributed by atoms with Crippen LogP contribution in [0.25, 0.3) is 0 Å². The highest BCUT2D eigenvalue weighted by Gasteiger charge is 2.89. The Morgan fingerprint density at radius 1 is 1.17 bits per heavy atom. The maximum atomic E-state index is 13.9. The van der Waals surface area contributed by atoms with E-state index in [1.807, 2.05) is 32.0 Å². The molecule has 1 aromatic rings.